The first kappa shape index (κ1) is 18.6. The van der Waals surface area contributed by atoms with Gasteiger partial charge in [0.05, 0.1) is 16.4 Å². The zero-order chi connectivity index (χ0) is 18.6. The van der Waals surface area contributed by atoms with Crippen molar-refractivity contribution >= 4 is 29.1 Å². The topological polar surface area (TPSA) is 67.2 Å². The van der Waals surface area contributed by atoms with Crippen LogP contribution in [0.4, 0.5) is 5.69 Å². The Morgan fingerprint density at radius 1 is 1.40 bits per heavy atom. The molecule has 0 aliphatic carbocycles. The maximum Gasteiger partial charge on any atom is 0.249 e. The zero-order valence-electron chi connectivity index (χ0n) is 14.3. The molecular weight excluding hydrogens is 340 g/mol. The Bertz CT molecular complexity index is 851. The van der Waals surface area contributed by atoms with Crippen molar-refractivity contribution in [3.63, 3.8) is 0 Å². The lowest BCUT2D eigenvalue weighted by Gasteiger charge is -2.22. The SMILES string of the molecule is C#Cc1cccc(N(CC(=O)NC)C(=O)Cn2nc(C)c(Cl)c2C)c1. The number of benzene rings is 1. The molecule has 1 N–H and O–H groups in total. The number of nitrogens with one attached hydrogen (secondary N) is 1. The van der Waals surface area contributed by atoms with E-state index in [0.29, 0.717) is 27.7 Å². The molecule has 0 saturated heterocycles. The van der Waals surface area contributed by atoms with Gasteiger partial charge in [-0.05, 0) is 32.0 Å². The normalized spacial score (nSPS) is 10.2. The quantitative estimate of drug-likeness (QED) is 0.830. The number of nitrogens with zero attached hydrogens (tertiary/aromatic N) is 3. The number of amides is 2. The number of aryl methyl sites for hydroxylation is 1. The largest absolute Gasteiger partial charge is 0.358 e. The maximum atomic E-state index is 12.8. The second kappa shape index (κ2) is 7.86. The summed E-state index contributed by atoms with van der Waals surface area (Å²) in [5, 5.41) is 7.31. The predicted molar refractivity (Wildman–Crippen MR) is 97.5 cm³/mol. The molecule has 0 aliphatic rings. The molecule has 0 unspecified atom stereocenters. The summed E-state index contributed by atoms with van der Waals surface area (Å²) in [5.41, 5.74) is 2.53. The fraction of sp³-hybridized carbons (Fsp3) is 0.278. The fourth-order valence-corrected chi connectivity index (χ4v) is 2.49. The number of carbonyl (C=O) groups is 2. The van der Waals surface area contributed by atoms with Gasteiger partial charge in [0.2, 0.25) is 11.8 Å². The van der Waals surface area contributed by atoms with Crippen LogP contribution in [0.15, 0.2) is 24.3 Å². The molecule has 0 aliphatic heterocycles. The first-order valence-corrected chi connectivity index (χ1v) is 8.02. The lowest BCUT2D eigenvalue weighted by atomic mass is 10.2. The summed E-state index contributed by atoms with van der Waals surface area (Å²) in [6.45, 7) is 3.42. The van der Waals surface area contributed by atoms with Crippen molar-refractivity contribution in [1.82, 2.24) is 15.1 Å². The van der Waals surface area contributed by atoms with Crippen LogP contribution in [0.5, 0.6) is 0 Å². The summed E-state index contributed by atoms with van der Waals surface area (Å²) in [7, 11) is 1.52. The summed E-state index contributed by atoms with van der Waals surface area (Å²) in [4.78, 5) is 26.0. The minimum Gasteiger partial charge on any atom is -0.358 e. The molecule has 2 amide bonds. The maximum absolute atomic E-state index is 12.8. The monoisotopic (exact) mass is 358 g/mol. The van der Waals surface area contributed by atoms with Gasteiger partial charge in [-0.25, -0.2) is 0 Å². The first-order valence-electron chi connectivity index (χ1n) is 7.64. The molecule has 1 heterocycles. The minimum absolute atomic E-state index is 0.0311. The molecule has 0 spiro atoms. The Balaban J connectivity index is 2.34. The third kappa shape index (κ3) is 4.20. The smallest absolute Gasteiger partial charge is 0.249 e. The van der Waals surface area contributed by atoms with Crippen LogP contribution in [0.3, 0.4) is 0 Å². The molecule has 0 saturated carbocycles. The van der Waals surface area contributed by atoms with Crippen molar-refractivity contribution in [1.29, 1.82) is 0 Å². The molecule has 6 nitrogen and oxygen atoms in total. The van der Waals surface area contributed by atoms with Gasteiger partial charge in [-0.3, -0.25) is 14.3 Å². The number of aromatic nitrogens is 2. The lowest BCUT2D eigenvalue weighted by Crippen LogP contribution is -2.41. The predicted octanol–water partition coefficient (Wildman–Crippen LogP) is 1.91. The highest BCUT2D eigenvalue weighted by Gasteiger charge is 2.21. The number of hydrogen-bond donors (Lipinski definition) is 1. The second-order valence-electron chi connectivity index (χ2n) is 5.49. The molecule has 2 rings (SSSR count). The molecule has 0 bridgehead atoms. The van der Waals surface area contributed by atoms with Crippen LogP contribution in [0.25, 0.3) is 0 Å². The molecular formula is C18H19ClN4O2. The summed E-state index contributed by atoms with van der Waals surface area (Å²) in [5.74, 6) is 1.95. The summed E-state index contributed by atoms with van der Waals surface area (Å²) in [6, 6.07) is 6.92. The van der Waals surface area contributed by atoms with Gasteiger partial charge in [-0.1, -0.05) is 23.6 Å². The second-order valence-corrected chi connectivity index (χ2v) is 5.87. The molecule has 25 heavy (non-hydrogen) atoms. The molecule has 130 valence electrons. The van der Waals surface area contributed by atoms with Crippen molar-refractivity contribution in [3.05, 3.63) is 46.2 Å². The molecule has 1 aromatic carbocycles. The lowest BCUT2D eigenvalue weighted by molar-refractivity contribution is -0.124. The van der Waals surface area contributed by atoms with Gasteiger partial charge in [0, 0.05) is 18.3 Å². The summed E-state index contributed by atoms with van der Waals surface area (Å²) < 4.78 is 1.53. The van der Waals surface area contributed by atoms with E-state index in [1.54, 1.807) is 38.1 Å². The van der Waals surface area contributed by atoms with E-state index in [-0.39, 0.29) is 24.9 Å². The molecule has 7 heteroatoms. The standard InChI is InChI=1S/C18H19ClN4O2/c1-5-14-7-6-8-15(9-14)22(10-16(24)20-4)17(25)11-23-13(3)18(19)12(2)21-23/h1,6-9H,10-11H2,2-4H3,(H,20,24). The van der Waals surface area contributed by atoms with Crippen LogP contribution in [0, 0.1) is 26.2 Å². The van der Waals surface area contributed by atoms with Crippen LogP contribution in [-0.2, 0) is 16.1 Å². The van der Waals surface area contributed by atoms with E-state index < -0.39 is 0 Å². The number of likely N-dealkylation sites (N-methyl/N-ethyl adjacent to an activating group) is 1. The molecule has 0 radical (unpaired) electrons. The average Bonchev–Trinajstić information content (AvgIpc) is 2.86. The van der Waals surface area contributed by atoms with Gasteiger partial charge in [-0.15, -0.1) is 6.42 Å². The van der Waals surface area contributed by atoms with E-state index in [9.17, 15) is 9.59 Å². The van der Waals surface area contributed by atoms with Gasteiger partial charge >= 0.3 is 0 Å². The van der Waals surface area contributed by atoms with E-state index in [2.05, 4.69) is 16.3 Å². The molecule has 0 fully saturated rings. The number of terminal acetylenes is 1. The Hall–Kier alpha value is -2.78. The number of carbonyl (C=O) groups excluding carboxylic acids is 2. The van der Waals surface area contributed by atoms with Crippen LogP contribution in [-0.4, -0.2) is 35.2 Å². The van der Waals surface area contributed by atoms with Crippen LogP contribution in [0.2, 0.25) is 5.02 Å². The highest BCUT2D eigenvalue weighted by atomic mass is 35.5. The average molecular weight is 359 g/mol. The third-order valence-corrected chi connectivity index (χ3v) is 4.33. The van der Waals surface area contributed by atoms with E-state index in [1.165, 1.54) is 16.6 Å². The summed E-state index contributed by atoms with van der Waals surface area (Å²) in [6.07, 6.45) is 5.42. The zero-order valence-corrected chi connectivity index (χ0v) is 15.1. The van der Waals surface area contributed by atoms with E-state index >= 15 is 0 Å². The van der Waals surface area contributed by atoms with Crippen LogP contribution < -0.4 is 10.2 Å². The van der Waals surface area contributed by atoms with Gasteiger partial charge in [0.1, 0.15) is 13.1 Å². The van der Waals surface area contributed by atoms with Crippen molar-refractivity contribution in [3.8, 4) is 12.3 Å². The summed E-state index contributed by atoms with van der Waals surface area (Å²) >= 11 is 6.13. The molecule has 0 atom stereocenters. The molecule has 1 aromatic heterocycles. The first-order chi connectivity index (χ1) is 11.9. The Kier molecular flexibility index (Phi) is 5.84. The van der Waals surface area contributed by atoms with E-state index in [1.807, 2.05) is 0 Å². The van der Waals surface area contributed by atoms with Gasteiger partial charge in [0.25, 0.3) is 0 Å². The van der Waals surface area contributed by atoms with Crippen molar-refractivity contribution in [2.75, 3.05) is 18.5 Å². The Morgan fingerprint density at radius 3 is 2.68 bits per heavy atom. The number of hydrogen-bond acceptors (Lipinski definition) is 3. The van der Waals surface area contributed by atoms with Gasteiger partial charge < -0.3 is 10.2 Å². The Labute approximate surface area is 151 Å². The number of halogens is 1. The van der Waals surface area contributed by atoms with Gasteiger partial charge in [-0.2, -0.15) is 5.10 Å². The third-order valence-electron chi connectivity index (χ3n) is 3.78. The molecule has 2 aromatic rings. The Morgan fingerprint density at radius 2 is 2.12 bits per heavy atom. The van der Waals surface area contributed by atoms with Crippen molar-refractivity contribution in [2.24, 2.45) is 0 Å². The van der Waals surface area contributed by atoms with Crippen LogP contribution in [0.1, 0.15) is 17.0 Å². The highest BCUT2D eigenvalue weighted by Crippen LogP contribution is 2.20. The van der Waals surface area contributed by atoms with Gasteiger partial charge in [0.15, 0.2) is 0 Å². The van der Waals surface area contributed by atoms with Crippen molar-refractivity contribution in [2.45, 2.75) is 20.4 Å². The van der Waals surface area contributed by atoms with E-state index in [4.69, 9.17) is 18.0 Å². The minimum atomic E-state index is -0.292. The van der Waals surface area contributed by atoms with Crippen LogP contribution >= 0.6 is 11.6 Å². The fourth-order valence-electron chi connectivity index (χ4n) is 2.35. The van der Waals surface area contributed by atoms with E-state index in [0.717, 1.165) is 0 Å². The highest BCUT2D eigenvalue weighted by molar-refractivity contribution is 6.31. The van der Waals surface area contributed by atoms with Crippen molar-refractivity contribution < 1.29 is 9.59 Å². The number of anilines is 1. The number of rotatable bonds is 5.